The van der Waals surface area contributed by atoms with E-state index < -0.39 is 41.1 Å². The van der Waals surface area contributed by atoms with Crippen LogP contribution in [0.3, 0.4) is 0 Å². The number of carbonyl (C=O) groups excluding carboxylic acids is 4. The Labute approximate surface area is 212 Å². The molecule has 0 radical (unpaired) electrons. The second-order valence-electron chi connectivity index (χ2n) is 9.98. The number of benzene rings is 2. The SMILES string of the molecule is CCC(C)[C@H](NC(=O)[C@@](C)(NC(=O)[C@@H](CC(=O)NO)CC(C)C)c1ccc2ccccc2c1)C(N)=O. The molecule has 2 aromatic carbocycles. The Morgan fingerprint density at radius 3 is 2.22 bits per heavy atom. The van der Waals surface area contributed by atoms with Gasteiger partial charge in [0.1, 0.15) is 11.6 Å². The Morgan fingerprint density at radius 2 is 1.67 bits per heavy atom. The molecule has 0 saturated heterocycles. The Hall–Kier alpha value is -3.46. The Morgan fingerprint density at radius 1 is 1.03 bits per heavy atom. The molecule has 0 saturated carbocycles. The van der Waals surface area contributed by atoms with Gasteiger partial charge in [0.15, 0.2) is 0 Å². The van der Waals surface area contributed by atoms with Gasteiger partial charge in [0.25, 0.3) is 5.91 Å². The number of carbonyl (C=O) groups is 4. The first kappa shape index (κ1) is 28.8. The lowest BCUT2D eigenvalue weighted by molar-refractivity contribution is -0.139. The minimum absolute atomic E-state index is 0.0811. The summed E-state index contributed by atoms with van der Waals surface area (Å²) in [7, 11) is 0. The highest BCUT2D eigenvalue weighted by Gasteiger charge is 2.41. The lowest BCUT2D eigenvalue weighted by Crippen LogP contribution is -2.60. The predicted molar refractivity (Wildman–Crippen MR) is 138 cm³/mol. The van der Waals surface area contributed by atoms with Gasteiger partial charge in [-0.25, -0.2) is 5.48 Å². The van der Waals surface area contributed by atoms with E-state index in [0.29, 0.717) is 18.4 Å². The van der Waals surface area contributed by atoms with Crippen molar-refractivity contribution in [1.29, 1.82) is 0 Å². The third kappa shape index (κ3) is 7.04. The molecule has 2 aromatic rings. The summed E-state index contributed by atoms with van der Waals surface area (Å²) in [6.07, 6.45) is 0.734. The first-order valence-corrected chi connectivity index (χ1v) is 12.3. The topological polar surface area (TPSA) is 151 Å². The van der Waals surface area contributed by atoms with Crippen LogP contribution in [0.1, 0.15) is 59.4 Å². The quantitative estimate of drug-likeness (QED) is 0.225. The van der Waals surface area contributed by atoms with Crippen LogP contribution in [0.15, 0.2) is 42.5 Å². The molecule has 9 nitrogen and oxygen atoms in total. The molecule has 0 aliphatic carbocycles. The van der Waals surface area contributed by atoms with E-state index in [2.05, 4.69) is 10.6 Å². The van der Waals surface area contributed by atoms with Crippen molar-refractivity contribution in [1.82, 2.24) is 16.1 Å². The van der Waals surface area contributed by atoms with Crippen LogP contribution in [0, 0.1) is 17.8 Å². The van der Waals surface area contributed by atoms with Gasteiger partial charge in [0.2, 0.25) is 17.7 Å². The van der Waals surface area contributed by atoms with Crippen LogP contribution in [0.25, 0.3) is 10.8 Å². The van der Waals surface area contributed by atoms with Crippen molar-refractivity contribution in [3.05, 3.63) is 48.0 Å². The number of hydroxylamine groups is 1. The number of rotatable bonds is 12. The predicted octanol–water partition coefficient (Wildman–Crippen LogP) is 2.75. The Kier molecular flexibility index (Phi) is 9.98. The van der Waals surface area contributed by atoms with E-state index in [1.165, 1.54) is 0 Å². The van der Waals surface area contributed by atoms with E-state index in [9.17, 15) is 19.2 Å². The lowest BCUT2D eigenvalue weighted by Gasteiger charge is -2.34. The van der Waals surface area contributed by atoms with E-state index >= 15 is 0 Å². The highest BCUT2D eigenvalue weighted by molar-refractivity contribution is 5.97. The largest absolute Gasteiger partial charge is 0.368 e. The van der Waals surface area contributed by atoms with Crippen molar-refractivity contribution in [2.45, 2.75) is 65.5 Å². The number of nitrogens with one attached hydrogen (secondary N) is 3. The highest BCUT2D eigenvalue weighted by Crippen LogP contribution is 2.28. The van der Waals surface area contributed by atoms with Crippen LogP contribution in [0.5, 0.6) is 0 Å². The van der Waals surface area contributed by atoms with E-state index in [0.717, 1.165) is 10.8 Å². The zero-order valence-electron chi connectivity index (χ0n) is 21.6. The van der Waals surface area contributed by atoms with Crippen molar-refractivity contribution in [2.75, 3.05) is 0 Å². The zero-order valence-corrected chi connectivity index (χ0v) is 21.6. The molecule has 0 aliphatic heterocycles. The molecule has 0 aliphatic rings. The normalized spacial score (nSPS) is 15.4. The minimum atomic E-state index is -1.58. The van der Waals surface area contributed by atoms with Gasteiger partial charge in [-0.1, -0.05) is 70.5 Å². The maximum atomic E-state index is 13.7. The highest BCUT2D eigenvalue weighted by atomic mass is 16.5. The number of fused-ring (bicyclic) bond motifs is 1. The van der Waals surface area contributed by atoms with Crippen LogP contribution in [-0.4, -0.2) is 34.9 Å². The molecule has 0 aromatic heterocycles. The molecule has 196 valence electrons. The average molecular weight is 499 g/mol. The summed E-state index contributed by atoms with van der Waals surface area (Å²) in [5.74, 6) is -3.39. The second-order valence-corrected chi connectivity index (χ2v) is 9.98. The molecule has 36 heavy (non-hydrogen) atoms. The molecule has 2 rings (SSSR count). The van der Waals surface area contributed by atoms with E-state index in [4.69, 9.17) is 10.9 Å². The maximum Gasteiger partial charge on any atom is 0.250 e. The second kappa shape index (κ2) is 12.5. The number of nitrogens with two attached hydrogens (primary N) is 1. The van der Waals surface area contributed by atoms with Gasteiger partial charge in [-0.05, 0) is 47.6 Å². The molecular weight excluding hydrogens is 460 g/mol. The first-order valence-electron chi connectivity index (χ1n) is 12.3. The fraction of sp³-hybridized carbons (Fsp3) is 0.481. The Bertz CT molecular complexity index is 1100. The molecule has 6 N–H and O–H groups in total. The van der Waals surface area contributed by atoms with Crippen LogP contribution in [0.4, 0.5) is 0 Å². The lowest BCUT2D eigenvalue weighted by atomic mass is 9.86. The monoisotopic (exact) mass is 498 g/mol. The summed E-state index contributed by atoms with van der Waals surface area (Å²) in [6, 6.07) is 12.1. The van der Waals surface area contributed by atoms with Crippen molar-refractivity contribution < 1.29 is 24.4 Å². The molecule has 4 atom stereocenters. The van der Waals surface area contributed by atoms with Crippen LogP contribution in [-0.2, 0) is 24.7 Å². The molecule has 0 fully saturated rings. The van der Waals surface area contributed by atoms with Crippen LogP contribution in [0.2, 0.25) is 0 Å². The maximum absolute atomic E-state index is 13.7. The average Bonchev–Trinajstić information content (AvgIpc) is 2.85. The molecule has 9 heteroatoms. The van der Waals surface area contributed by atoms with Gasteiger partial charge in [0, 0.05) is 12.3 Å². The summed E-state index contributed by atoms with van der Waals surface area (Å²) in [5, 5.41) is 16.4. The number of primary amides is 1. The fourth-order valence-electron chi connectivity index (χ4n) is 4.25. The summed E-state index contributed by atoms with van der Waals surface area (Å²) >= 11 is 0. The number of hydrogen-bond donors (Lipinski definition) is 5. The molecular formula is C27H38N4O5. The summed E-state index contributed by atoms with van der Waals surface area (Å²) in [5.41, 5.74) is 6.08. The summed E-state index contributed by atoms with van der Waals surface area (Å²) in [4.78, 5) is 51.2. The number of amides is 4. The van der Waals surface area contributed by atoms with Gasteiger partial charge in [-0.2, -0.15) is 0 Å². The van der Waals surface area contributed by atoms with Crippen molar-refractivity contribution in [2.24, 2.45) is 23.5 Å². The first-order chi connectivity index (χ1) is 16.9. The van der Waals surface area contributed by atoms with E-state index in [1.807, 2.05) is 64.1 Å². The van der Waals surface area contributed by atoms with Gasteiger partial charge in [-0.15, -0.1) is 0 Å². The molecule has 1 unspecified atom stereocenters. The van der Waals surface area contributed by atoms with Gasteiger partial charge in [0.05, 0.1) is 0 Å². The molecule has 0 heterocycles. The fourth-order valence-corrected chi connectivity index (χ4v) is 4.25. The standard InChI is InChI=1S/C27H38N4O5/c1-6-17(4)23(24(28)33)29-26(35)27(5,21-12-11-18-9-7-8-10-19(18)14-21)30-25(34)20(13-16(2)3)15-22(32)31-36/h7-12,14,16-17,20,23,36H,6,13,15H2,1-5H3,(H2,28,33)(H,29,35)(H,30,34)(H,31,32)/t17?,20-,23+,27+/m1/s1. The van der Waals surface area contributed by atoms with Gasteiger partial charge >= 0.3 is 0 Å². The minimum Gasteiger partial charge on any atom is -0.368 e. The summed E-state index contributed by atoms with van der Waals surface area (Å²) in [6.45, 7) is 9.09. The van der Waals surface area contributed by atoms with Crippen molar-refractivity contribution >= 4 is 34.4 Å². The van der Waals surface area contributed by atoms with Crippen LogP contribution < -0.4 is 21.8 Å². The molecule has 4 amide bonds. The van der Waals surface area contributed by atoms with Crippen molar-refractivity contribution in [3.8, 4) is 0 Å². The van der Waals surface area contributed by atoms with Crippen LogP contribution >= 0.6 is 0 Å². The van der Waals surface area contributed by atoms with E-state index in [1.54, 1.807) is 18.5 Å². The number of hydrogen-bond acceptors (Lipinski definition) is 5. The van der Waals surface area contributed by atoms with Gasteiger partial charge < -0.3 is 16.4 Å². The summed E-state index contributed by atoms with van der Waals surface area (Å²) < 4.78 is 0. The van der Waals surface area contributed by atoms with Gasteiger partial charge in [-0.3, -0.25) is 24.4 Å². The molecule has 0 spiro atoms. The third-order valence-corrected chi connectivity index (χ3v) is 6.64. The zero-order chi connectivity index (χ0) is 27.0. The van der Waals surface area contributed by atoms with E-state index in [-0.39, 0.29) is 18.3 Å². The Balaban J connectivity index is 2.53. The smallest absolute Gasteiger partial charge is 0.250 e. The third-order valence-electron chi connectivity index (χ3n) is 6.64. The van der Waals surface area contributed by atoms with Crippen molar-refractivity contribution in [3.63, 3.8) is 0 Å². The molecule has 0 bridgehead atoms.